The van der Waals surface area contributed by atoms with Gasteiger partial charge >= 0.3 is 0 Å². The molecule has 0 heterocycles. The van der Waals surface area contributed by atoms with Crippen molar-refractivity contribution in [3.63, 3.8) is 0 Å². The summed E-state index contributed by atoms with van der Waals surface area (Å²) >= 11 is 8.17. The Kier molecular flexibility index (Phi) is 2.99. The SMILES string of the molecule is CC(C)(C)/C(S)=C/S. The van der Waals surface area contributed by atoms with Crippen LogP contribution in [0.4, 0.5) is 0 Å². The van der Waals surface area contributed by atoms with Gasteiger partial charge in [0.25, 0.3) is 0 Å². The van der Waals surface area contributed by atoms with E-state index in [1.165, 1.54) is 0 Å². The van der Waals surface area contributed by atoms with Crippen molar-refractivity contribution in [2.45, 2.75) is 20.8 Å². The highest BCUT2D eigenvalue weighted by Crippen LogP contribution is 2.27. The Morgan fingerprint density at radius 3 is 1.75 bits per heavy atom. The van der Waals surface area contributed by atoms with Crippen molar-refractivity contribution < 1.29 is 0 Å². The second kappa shape index (κ2) is 2.83. The van der Waals surface area contributed by atoms with E-state index < -0.39 is 0 Å². The second-order valence-corrected chi connectivity index (χ2v) is 3.50. The summed E-state index contributed by atoms with van der Waals surface area (Å²) < 4.78 is 0. The van der Waals surface area contributed by atoms with Gasteiger partial charge in [0.2, 0.25) is 0 Å². The van der Waals surface area contributed by atoms with E-state index in [2.05, 4.69) is 46.0 Å². The van der Waals surface area contributed by atoms with E-state index in [1.807, 2.05) is 0 Å². The zero-order valence-corrected chi connectivity index (χ0v) is 7.26. The Balaban J connectivity index is 4.03. The van der Waals surface area contributed by atoms with Crippen LogP contribution < -0.4 is 0 Å². The summed E-state index contributed by atoms with van der Waals surface area (Å²) in [6.45, 7) is 6.30. The molecule has 8 heavy (non-hydrogen) atoms. The number of thiol groups is 2. The van der Waals surface area contributed by atoms with Crippen molar-refractivity contribution in [3.05, 3.63) is 10.3 Å². The van der Waals surface area contributed by atoms with E-state index in [9.17, 15) is 0 Å². The van der Waals surface area contributed by atoms with Gasteiger partial charge < -0.3 is 0 Å². The van der Waals surface area contributed by atoms with Crippen LogP contribution in [-0.2, 0) is 0 Å². The van der Waals surface area contributed by atoms with E-state index >= 15 is 0 Å². The molecule has 0 fully saturated rings. The van der Waals surface area contributed by atoms with Crippen LogP contribution in [0, 0.1) is 5.41 Å². The molecule has 48 valence electrons. The molecule has 0 aromatic rings. The summed E-state index contributed by atoms with van der Waals surface area (Å²) in [7, 11) is 0. The molecule has 0 rings (SSSR count). The average Bonchev–Trinajstić information content (AvgIpc) is 1.62. The van der Waals surface area contributed by atoms with Crippen LogP contribution in [0.1, 0.15) is 20.8 Å². The lowest BCUT2D eigenvalue weighted by molar-refractivity contribution is 0.535. The molecule has 0 saturated carbocycles. The smallest absolute Gasteiger partial charge is 0.00696 e. The summed E-state index contributed by atoms with van der Waals surface area (Å²) in [6, 6.07) is 0. The predicted octanol–water partition coefficient (Wildman–Crippen LogP) is 2.73. The first kappa shape index (κ1) is 8.44. The van der Waals surface area contributed by atoms with Gasteiger partial charge in [-0.3, -0.25) is 0 Å². The van der Waals surface area contributed by atoms with Crippen molar-refractivity contribution in [3.8, 4) is 0 Å². The molecule has 0 unspecified atom stereocenters. The van der Waals surface area contributed by atoms with Crippen molar-refractivity contribution >= 4 is 25.3 Å². The maximum atomic E-state index is 4.20. The van der Waals surface area contributed by atoms with E-state index in [0.717, 1.165) is 4.91 Å². The van der Waals surface area contributed by atoms with Gasteiger partial charge in [-0.15, -0.1) is 12.6 Å². The predicted molar refractivity (Wildman–Crippen MR) is 45.5 cm³/mol. The highest BCUT2D eigenvalue weighted by molar-refractivity contribution is 7.87. The topological polar surface area (TPSA) is 0 Å². The van der Waals surface area contributed by atoms with Crippen LogP contribution in [0.25, 0.3) is 0 Å². The fourth-order valence-electron chi connectivity index (χ4n) is 0.194. The Hall–Kier alpha value is 0.440. The Morgan fingerprint density at radius 1 is 1.38 bits per heavy atom. The number of hydrogen-bond acceptors (Lipinski definition) is 2. The average molecular weight is 148 g/mol. The maximum absolute atomic E-state index is 4.20. The lowest BCUT2D eigenvalue weighted by Gasteiger charge is -2.16. The van der Waals surface area contributed by atoms with Crippen LogP contribution in [-0.4, -0.2) is 0 Å². The molecule has 0 nitrogen and oxygen atoms in total. The molecule has 0 radical (unpaired) electrons. The maximum Gasteiger partial charge on any atom is -0.00696 e. The first-order valence-electron chi connectivity index (χ1n) is 2.52. The Morgan fingerprint density at radius 2 is 1.75 bits per heavy atom. The molecule has 0 N–H and O–H groups in total. The lowest BCUT2D eigenvalue weighted by Crippen LogP contribution is -2.03. The standard InChI is InChI=1S/C6H12S2/c1-6(2,3)5(8)4-7/h4,7-8H,1-3H3/b5-4-. The molecule has 0 atom stereocenters. The highest BCUT2D eigenvalue weighted by atomic mass is 32.1. The van der Waals surface area contributed by atoms with Gasteiger partial charge in [0.15, 0.2) is 0 Å². The quantitative estimate of drug-likeness (QED) is 0.485. The highest BCUT2D eigenvalue weighted by Gasteiger charge is 2.11. The zero-order valence-electron chi connectivity index (χ0n) is 5.47. The summed E-state index contributed by atoms with van der Waals surface area (Å²) in [6.07, 6.45) is 0. The monoisotopic (exact) mass is 148 g/mol. The molecule has 0 aliphatic rings. The molecule has 2 heteroatoms. The van der Waals surface area contributed by atoms with Crippen LogP contribution in [0.15, 0.2) is 10.3 Å². The lowest BCUT2D eigenvalue weighted by atomic mass is 9.97. The fraction of sp³-hybridized carbons (Fsp3) is 0.667. The molecule has 0 saturated heterocycles. The first-order chi connectivity index (χ1) is 3.48. The first-order valence-corrected chi connectivity index (χ1v) is 3.48. The summed E-state index contributed by atoms with van der Waals surface area (Å²) in [4.78, 5) is 1.01. The Labute approximate surface area is 62.2 Å². The molecule has 0 aliphatic heterocycles. The van der Waals surface area contributed by atoms with E-state index in [-0.39, 0.29) is 5.41 Å². The summed E-state index contributed by atoms with van der Waals surface area (Å²) in [5, 5.41) is 1.73. The molecule has 0 aromatic heterocycles. The summed E-state index contributed by atoms with van der Waals surface area (Å²) in [5.74, 6) is 0. The third kappa shape index (κ3) is 2.68. The molecular weight excluding hydrogens is 136 g/mol. The van der Waals surface area contributed by atoms with Gasteiger partial charge in [-0.2, -0.15) is 12.6 Å². The van der Waals surface area contributed by atoms with Crippen LogP contribution >= 0.6 is 25.3 Å². The normalized spacial score (nSPS) is 14.4. The molecule has 0 spiro atoms. The molecule has 0 amide bonds. The summed E-state index contributed by atoms with van der Waals surface area (Å²) in [5.41, 5.74) is 0.158. The minimum absolute atomic E-state index is 0.158. The third-order valence-electron chi connectivity index (χ3n) is 0.891. The number of hydrogen-bond donors (Lipinski definition) is 2. The van der Waals surface area contributed by atoms with Crippen molar-refractivity contribution in [1.82, 2.24) is 0 Å². The van der Waals surface area contributed by atoms with E-state index in [1.54, 1.807) is 5.41 Å². The molecule has 0 aliphatic carbocycles. The van der Waals surface area contributed by atoms with Crippen molar-refractivity contribution in [2.75, 3.05) is 0 Å². The van der Waals surface area contributed by atoms with Crippen LogP contribution in [0.2, 0.25) is 0 Å². The Bertz CT molecular complexity index is 97.6. The fourth-order valence-corrected chi connectivity index (χ4v) is 0.581. The van der Waals surface area contributed by atoms with Crippen molar-refractivity contribution in [1.29, 1.82) is 0 Å². The van der Waals surface area contributed by atoms with Crippen LogP contribution in [0.5, 0.6) is 0 Å². The number of allylic oxidation sites excluding steroid dienone is 1. The van der Waals surface area contributed by atoms with Gasteiger partial charge in [-0.05, 0) is 15.7 Å². The zero-order chi connectivity index (χ0) is 6.78. The minimum atomic E-state index is 0.158. The van der Waals surface area contributed by atoms with Gasteiger partial charge in [0, 0.05) is 0 Å². The molecule has 0 aromatic carbocycles. The van der Waals surface area contributed by atoms with Gasteiger partial charge in [-0.25, -0.2) is 0 Å². The second-order valence-electron chi connectivity index (χ2n) is 2.76. The molecular formula is C6H12S2. The van der Waals surface area contributed by atoms with E-state index in [0.29, 0.717) is 0 Å². The minimum Gasteiger partial charge on any atom is -0.151 e. The van der Waals surface area contributed by atoms with Gasteiger partial charge in [0.05, 0.1) is 0 Å². The van der Waals surface area contributed by atoms with Crippen LogP contribution in [0.3, 0.4) is 0 Å². The van der Waals surface area contributed by atoms with E-state index in [4.69, 9.17) is 0 Å². The van der Waals surface area contributed by atoms with Gasteiger partial charge in [-0.1, -0.05) is 20.8 Å². The number of rotatable bonds is 0. The molecule has 0 bridgehead atoms. The van der Waals surface area contributed by atoms with Crippen molar-refractivity contribution in [2.24, 2.45) is 5.41 Å². The van der Waals surface area contributed by atoms with Gasteiger partial charge in [0.1, 0.15) is 0 Å². The third-order valence-corrected chi connectivity index (χ3v) is 2.15. The largest absolute Gasteiger partial charge is 0.151 e.